The van der Waals surface area contributed by atoms with E-state index in [-0.39, 0.29) is 45.7 Å². The van der Waals surface area contributed by atoms with Gasteiger partial charge in [-0.2, -0.15) is 0 Å². The molecule has 60 heavy (non-hydrogen) atoms. The van der Waals surface area contributed by atoms with Crippen molar-refractivity contribution in [3.8, 4) is 0 Å². The van der Waals surface area contributed by atoms with Gasteiger partial charge in [-0.1, -0.05) is 137 Å². The van der Waals surface area contributed by atoms with Crippen molar-refractivity contribution in [3.05, 3.63) is 154 Å². The minimum absolute atomic E-state index is 0. The standard InChI is InChI=1S/C22H18Cl4N4S2.C8H6Br2Cl2.C7H7ClN2S.C2H6O.2BrH/c23-15-1-5-17(6-2-15)29-21(27)31-11-13-9-19(25)20(26)10-14(13)12-32-22(28)30-18-7-3-16(24)4-8-18;9-3-5-1-7(11)8(12)2-6(5)4-10;8-5-1-3-6(4-2-5)10-7(9)11;1-2-3;;/h1-10H,11-12H2,(H2,27,29)(H2,28,30);1-2H,3-4H2;1-4H,(H3,9,10,11);3H,2H2,1H3;2*1H. The smallest absolute Gasteiger partial charge is 0.168 e. The van der Waals surface area contributed by atoms with Crippen molar-refractivity contribution in [3.63, 3.8) is 0 Å². The fourth-order valence-corrected chi connectivity index (χ4v) is 7.87. The molecule has 0 aliphatic rings. The van der Waals surface area contributed by atoms with Gasteiger partial charge >= 0.3 is 0 Å². The Labute approximate surface area is 438 Å². The van der Waals surface area contributed by atoms with Crippen LogP contribution in [0.25, 0.3) is 0 Å². The highest BCUT2D eigenvalue weighted by molar-refractivity contribution is 9.09. The summed E-state index contributed by atoms with van der Waals surface area (Å²) in [7, 11) is 0. The van der Waals surface area contributed by atoms with Crippen LogP contribution in [0, 0.1) is 0 Å². The minimum atomic E-state index is 0. The zero-order valence-electron chi connectivity index (χ0n) is 31.3. The van der Waals surface area contributed by atoms with Gasteiger partial charge in [-0.3, -0.25) is 0 Å². The SMILES string of the molecule is Br.Br.CCO.Clc1cc(CBr)c(CBr)cc1Cl.NC(=Nc1ccc(Cl)cc1)SCc1cc(Cl)c(Cl)cc1CSC(N)=Nc1ccc(Cl)cc1.NC(=S)Nc1ccc(Cl)cc1. The number of hydrogen-bond donors (Lipinski definition) is 5. The number of aliphatic hydroxyl groups excluding tert-OH is 1. The summed E-state index contributed by atoms with van der Waals surface area (Å²) < 4.78 is 0. The maximum Gasteiger partial charge on any atom is 0.168 e. The van der Waals surface area contributed by atoms with Crippen LogP contribution >= 0.6 is 183 Å². The number of aliphatic hydroxyl groups is 1. The molecule has 0 saturated carbocycles. The number of halogens is 11. The maximum atomic E-state index is 7.57. The molecule has 0 aliphatic heterocycles. The number of aliphatic imine (C=N–C) groups is 2. The highest BCUT2D eigenvalue weighted by Gasteiger charge is 2.11. The van der Waals surface area contributed by atoms with E-state index < -0.39 is 0 Å². The number of rotatable bonds is 9. The summed E-state index contributed by atoms with van der Waals surface area (Å²) in [6.07, 6.45) is 0. The first-order chi connectivity index (χ1) is 27.6. The second-order valence-electron chi connectivity index (χ2n) is 11.1. The molecule has 0 heterocycles. The number of hydrogen-bond acceptors (Lipinski definition) is 6. The molecule has 0 aliphatic carbocycles. The zero-order chi connectivity index (χ0) is 43.2. The Balaban J connectivity index is 0.00000102. The van der Waals surface area contributed by atoms with Crippen LogP contribution in [0.5, 0.6) is 0 Å². The lowest BCUT2D eigenvalue weighted by Crippen LogP contribution is -2.18. The Morgan fingerprint density at radius 2 is 0.867 bits per heavy atom. The van der Waals surface area contributed by atoms with E-state index >= 15 is 0 Å². The summed E-state index contributed by atoms with van der Waals surface area (Å²) >= 11 is 55.9. The summed E-state index contributed by atoms with van der Waals surface area (Å²) in [6, 6.07) is 28.9. The van der Waals surface area contributed by atoms with E-state index in [1.807, 2.05) is 36.4 Å². The molecule has 21 heteroatoms. The van der Waals surface area contributed by atoms with E-state index in [2.05, 4.69) is 59.4 Å². The van der Waals surface area contributed by atoms with Crippen molar-refractivity contribution in [2.45, 2.75) is 29.1 Å². The third-order valence-electron chi connectivity index (χ3n) is 6.77. The Kier molecular flexibility index (Phi) is 32.6. The number of nitrogens with zero attached hydrogens (tertiary/aromatic N) is 2. The van der Waals surface area contributed by atoms with Crippen LogP contribution in [-0.2, 0) is 22.2 Å². The molecule has 0 spiro atoms. The number of anilines is 1. The first-order valence-corrected chi connectivity index (χ1v) is 23.8. The zero-order valence-corrected chi connectivity index (χ0v) is 45.6. The molecule has 5 aromatic rings. The molecule has 0 unspecified atom stereocenters. The topological polar surface area (TPSA) is 135 Å². The van der Waals surface area contributed by atoms with Gasteiger partial charge in [0.1, 0.15) is 0 Å². The molecule has 8 N–H and O–H groups in total. The lowest BCUT2D eigenvalue weighted by atomic mass is 10.1. The molecule has 0 aromatic heterocycles. The Morgan fingerprint density at radius 1 is 0.583 bits per heavy atom. The van der Waals surface area contributed by atoms with Gasteiger partial charge in [-0.15, -0.1) is 34.0 Å². The predicted molar refractivity (Wildman–Crippen MR) is 292 cm³/mol. The Hall–Kier alpha value is -0.660. The van der Waals surface area contributed by atoms with Crippen LogP contribution in [0.3, 0.4) is 0 Å². The van der Waals surface area contributed by atoms with E-state index in [1.54, 1.807) is 67.6 Å². The lowest BCUT2D eigenvalue weighted by molar-refractivity contribution is 0.318. The van der Waals surface area contributed by atoms with E-state index in [0.717, 1.165) is 38.8 Å². The molecule has 5 aromatic carbocycles. The molecule has 0 amide bonds. The van der Waals surface area contributed by atoms with E-state index in [9.17, 15) is 0 Å². The van der Waals surface area contributed by atoms with Gasteiger partial charge in [0, 0.05) is 49.5 Å². The number of thioether (sulfide) groups is 2. The van der Waals surface area contributed by atoms with Crippen molar-refractivity contribution in [2.75, 3.05) is 11.9 Å². The minimum Gasteiger partial charge on any atom is -0.397 e. The summed E-state index contributed by atoms with van der Waals surface area (Å²) in [4.78, 5) is 8.80. The van der Waals surface area contributed by atoms with Crippen LogP contribution in [0.4, 0.5) is 17.1 Å². The molecule has 5 rings (SSSR count). The van der Waals surface area contributed by atoms with Gasteiger partial charge in [0.2, 0.25) is 0 Å². The number of thiocarbonyl (C=S) groups is 1. The molecule has 0 bridgehead atoms. The van der Waals surface area contributed by atoms with Crippen LogP contribution < -0.4 is 22.5 Å². The van der Waals surface area contributed by atoms with Crippen molar-refractivity contribution in [1.82, 2.24) is 0 Å². The molecule has 326 valence electrons. The second-order valence-corrected chi connectivity index (χ2v) is 17.6. The molecule has 0 saturated heterocycles. The molecule has 7 nitrogen and oxygen atoms in total. The van der Waals surface area contributed by atoms with Gasteiger partial charge in [0.05, 0.1) is 31.5 Å². The van der Waals surface area contributed by atoms with Gasteiger partial charge in [0.15, 0.2) is 15.4 Å². The largest absolute Gasteiger partial charge is 0.397 e. The van der Waals surface area contributed by atoms with Crippen LogP contribution in [0.1, 0.15) is 29.2 Å². The summed E-state index contributed by atoms with van der Waals surface area (Å²) in [6.45, 7) is 1.93. The van der Waals surface area contributed by atoms with E-state index in [1.165, 1.54) is 34.7 Å². The normalized spacial score (nSPS) is 10.6. The first-order valence-electron chi connectivity index (χ1n) is 16.5. The van der Waals surface area contributed by atoms with Crippen LogP contribution in [-0.4, -0.2) is 27.2 Å². The van der Waals surface area contributed by atoms with Crippen molar-refractivity contribution in [2.24, 2.45) is 27.2 Å². The van der Waals surface area contributed by atoms with Gasteiger partial charge in [0.25, 0.3) is 0 Å². The fourth-order valence-electron chi connectivity index (χ4n) is 4.11. The molecule has 0 fully saturated rings. The second kappa shape index (κ2) is 32.9. The van der Waals surface area contributed by atoms with Crippen LogP contribution in [0.15, 0.2) is 107 Å². The van der Waals surface area contributed by atoms with Crippen molar-refractivity contribution >= 4 is 215 Å². The maximum absolute atomic E-state index is 7.57. The van der Waals surface area contributed by atoms with Gasteiger partial charge in [-0.05, 0) is 138 Å². The average Bonchev–Trinajstić information content (AvgIpc) is 3.18. The van der Waals surface area contributed by atoms with Crippen molar-refractivity contribution < 1.29 is 5.11 Å². The summed E-state index contributed by atoms with van der Waals surface area (Å²) in [5.41, 5.74) is 24.1. The number of benzene rings is 5. The highest BCUT2D eigenvalue weighted by atomic mass is 79.9. The number of alkyl halides is 2. The third-order valence-corrected chi connectivity index (χ3v) is 12.0. The van der Waals surface area contributed by atoms with Crippen molar-refractivity contribution in [1.29, 1.82) is 0 Å². The molecule has 0 atom stereocenters. The molecule has 0 radical (unpaired) electrons. The summed E-state index contributed by atoms with van der Waals surface area (Å²) in [5, 5.41) is 17.2. The fraction of sp³-hybridized carbons (Fsp3) is 0.154. The van der Waals surface area contributed by atoms with Gasteiger partial charge in [-0.25, -0.2) is 9.98 Å². The third kappa shape index (κ3) is 23.9. The predicted octanol–water partition coefficient (Wildman–Crippen LogP) is 16.0. The molecular weight excluding hydrogens is 1230 g/mol. The highest BCUT2D eigenvalue weighted by Crippen LogP contribution is 2.32. The van der Waals surface area contributed by atoms with Crippen LogP contribution in [0.2, 0.25) is 35.2 Å². The van der Waals surface area contributed by atoms with E-state index in [4.69, 9.17) is 104 Å². The number of nitrogens with one attached hydrogen (secondary N) is 1. The average molecular weight is 1270 g/mol. The Morgan fingerprint density at radius 3 is 1.15 bits per heavy atom. The number of nitrogens with two attached hydrogens (primary N) is 3. The van der Waals surface area contributed by atoms with Gasteiger partial charge < -0.3 is 27.6 Å². The summed E-state index contributed by atoms with van der Waals surface area (Å²) in [5.74, 6) is 1.15. The van der Waals surface area contributed by atoms with E-state index in [0.29, 0.717) is 57.0 Å². The Bertz CT molecular complexity index is 2010. The first kappa shape index (κ1) is 59.3. The monoisotopic (exact) mass is 1260 g/mol. The molecular formula is C39H39Br4Cl7N6OS3. The lowest BCUT2D eigenvalue weighted by Gasteiger charge is -2.11. The quantitative estimate of drug-likeness (QED) is 0.0426. The number of amidine groups is 2.